The fourth-order valence-corrected chi connectivity index (χ4v) is 0.646. The molecule has 0 aromatic rings. The zero-order valence-corrected chi connectivity index (χ0v) is 6.27. The highest BCUT2D eigenvalue weighted by molar-refractivity contribution is 5.72. The normalized spacial score (nSPS) is 14.3. The Labute approximate surface area is 67.4 Å². The molecule has 72 valence electrons. The first kappa shape index (κ1) is 11.2. The summed E-state index contributed by atoms with van der Waals surface area (Å²) in [6, 6.07) is -1.19. The van der Waals surface area contributed by atoms with Gasteiger partial charge in [0.1, 0.15) is 6.04 Å². The number of carbonyl (C=O) groups is 1. The first-order chi connectivity index (χ1) is 5.33. The quantitative estimate of drug-likeness (QED) is 0.690. The molecular weight excluding hydrogens is 175 g/mol. The summed E-state index contributed by atoms with van der Waals surface area (Å²) >= 11 is 0. The Morgan fingerprint density at radius 3 is 2.33 bits per heavy atom. The third-order valence-electron chi connectivity index (χ3n) is 1.29. The van der Waals surface area contributed by atoms with Gasteiger partial charge in [-0.2, -0.15) is 13.2 Å². The third-order valence-corrected chi connectivity index (χ3v) is 1.29. The molecule has 0 bridgehead atoms. The van der Waals surface area contributed by atoms with Crippen LogP contribution in [0.1, 0.15) is 19.3 Å². The van der Waals surface area contributed by atoms with Gasteiger partial charge in [-0.05, 0) is 12.8 Å². The van der Waals surface area contributed by atoms with Gasteiger partial charge in [-0.15, -0.1) is 0 Å². The van der Waals surface area contributed by atoms with E-state index in [4.69, 9.17) is 10.8 Å². The number of nitrogens with two attached hydrogens (primary N) is 1. The van der Waals surface area contributed by atoms with Crippen molar-refractivity contribution in [2.45, 2.75) is 31.5 Å². The summed E-state index contributed by atoms with van der Waals surface area (Å²) in [6.07, 6.45) is -5.59. The fraction of sp³-hybridized carbons (Fsp3) is 0.833. The first-order valence-electron chi connectivity index (χ1n) is 3.38. The van der Waals surface area contributed by atoms with Crippen molar-refractivity contribution in [2.75, 3.05) is 0 Å². The lowest BCUT2D eigenvalue weighted by atomic mass is 10.1. The van der Waals surface area contributed by atoms with Gasteiger partial charge in [0.15, 0.2) is 0 Å². The lowest BCUT2D eigenvalue weighted by molar-refractivity contribution is -0.142. The number of rotatable bonds is 4. The molecule has 1 atom stereocenters. The van der Waals surface area contributed by atoms with Crippen molar-refractivity contribution < 1.29 is 23.1 Å². The average molecular weight is 185 g/mol. The largest absolute Gasteiger partial charge is 0.480 e. The molecular formula is C6H10F3NO2. The van der Waals surface area contributed by atoms with Crippen LogP contribution in [0.3, 0.4) is 0 Å². The number of hydrogen-bond donors (Lipinski definition) is 2. The van der Waals surface area contributed by atoms with Gasteiger partial charge < -0.3 is 10.8 Å². The zero-order chi connectivity index (χ0) is 9.78. The molecule has 0 fully saturated rings. The predicted octanol–water partition coefficient (Wildman–Crippen LogP) is 1.13. The van der Waals surface area contributed by atoms with Gasteiger partial charge in [-0.3, -0.25) is 4.79 Å². The average Bonchev–Trinajstić information content (AvgIpc) is 1.84. The highest BCUT2D eigenvalue weighted by Crippen LogP contribution is 2.22. The van der Waals surface area contributed by atoms with E-state index < -0.39 is 24.6 Å². The van der Waals surface area contributed by atoms with E-state index in [0.29, 0.717) is 0 Å². The standard InChI is InChI=1S/C6H10F3NO2/c7-6(8,9)3-1-2-4(10)5(11)12/h4H,1-3,10H2,(H,11,12)/t4-/m1/s1. The highest BCUT2D eigenvalue weighted by Gasteiger charge is 2.26. The van der Waals surface area contributed by atoms with Crippen molar-refractivity contribution in [1.29, 1.82) is 0 Å². The van der Waals surface area contributed by atoms with Crippen LogP contribution in [0.5, 0.6) is 0 Å². The van der Waals surface area contributed by atoms with E-state index in [0.717, 1.165) is 0 Å². The van der Waals surface area contributed by atoms with Crippen molar-refractivity contribution in [3.05, 3.63) is 0 Å². The molecule has 12 heavy (non-hydrogen) atoms. The van der Waals surface area contributed by atoms with E-state index in [-0.39, 0.29) is 12.8 Å². The van der Waals surface area contributed by atoms with Gasteiger partial charge in [0.05, 0.1) is 0 Å². The van der Waals surface area contributed by atoms with Crippen molar-refractivity contribution in [3.63, 3.8) is 0 Å². The molecule has 3 N–H and O–H groups in total. The van der Waals surface area contributed by atoms with Crippen LogP contribution in [0.15, 0.2) is 0 Å². The summed E-state index contributed by atoms with van der Waals surface area (Å²) < 4.78 is 34.6. The minimum absolute atomic E-state index is 0.144. The van der Waals surface area contributed by atoms with Crippen LogP contribution in [0.2, 0.25) is 0 Å². The van der Waals surface area contributed by atoms with Crippen LogP contribution < -0.4 is 5.73 Å². The Bertz CT molecular complexity index is 157. The predicted molar refractivity (Wildman–Crippen MR) is 35.5 cm³/mol. The van der Waals surface area contributed by atoms with Crippen LogP contribution in [0, 0.1) is 0 Å². The van der Waals surface area contributed by atoms with Gasteiger partial charge in [0.25, 0.3) is 0 Å². The third kappa shape index (κ3) is 5.96. The molecule has 0 saturated carbocycles. The summed E-state index contributed by atoms with van der Waals surface area (Å²) in [5, 5.41) is 8.21. The highest BCUT2D eigenvalue weighted by atomic mass is 19.4. The Hall–Kier alpha value is -0.780. The Kier molecular flexibility index (Phi) is 4.02. The molecule has 0 heterocycles. The molecule has 6 heteroatoms. The van der Waals surface area contributed by atoms with Gasteiger partial charge in [0, 0.05) is 6.42 Å². The number of aliphatic carboxylic acids is 1. The van der Waals surface area contributed by atoms with Gasteiger partial charge in [-0.1, -0.05) is 0 Å². The SMILES string of the molecule is N[C@H](CCCC(F)(F)F)C(=O)O. The molecule has 0 aliphatic carbocycles. The molecule has 0 rings (SSSR count). The van der Waals surface area contributed by atoms with Gasteiger partial charge >= 0.3 is 12.1 Å². The number of carboxylic acid groups (broad SMARTS) is 1. The minimum Gasteiger partial charge on any atom is -0.480 e. The number of hydrogen-bond acceptors (Lipinski definition) is 2. The van der Waals surface area contributed by atoms with Crippen LogP contribution in [0.4, 0.5) is 13.2 Å². The second-order valence-electron chi connectivity index (χ2n) is 2.45. The van der Waals surface area contributed by atoms with Crippen molar-refractivity contribution in [3.8, 4) is 0 Å². The van der Waals surface area contributed by atoms with E-state index in [1.54, 1.807) is 0 Å². The number of alkyl halides is 3. The van der Waals surface area contributed by atoms with Gasteiger partial charge in [-0.25, -0.2) is 0 Å². The number of carboxylic acids is 1. The van der Waals surface area contributed by atoms with E-state index in [9.17, 15) is 18.0 Å². The molecule has 3 nitrogen and oxygen atoms in total. The maximum Gasteiger partial charge on any atom is 0.389 e. The monoisotopic (exact) mass is 185 g/mol. The topological polar surface area (TPSA) is 63.3 Å². The van der Waals surface area contributed by atoms with Crippen LogP contribution in [0.25, 0.3) is 0 Å². The molecule has 0 aliphatic heterocycles. The lowest BCUT2D eigenvalue weighted by Gasteiger charge is -2.07. The fourth-order valence-electron chi connectivity index (χ4n) is 0.646. The van der Waals surface area contributed by atoms with E-state index in [1.807, 2.05) is 0 Å². The molecule has 0 radical (unpaired) electrons. The second-order valence-corrected chi connectivity index (χ2v) is 2.45. The van der Waals surface area contributed by atoms with Crippen molar-refractivity contribution >= 4 is 5.97 Å². The van der Waals surface area contributed by atoms with E-state index in [1.165, 1.54) is 0 Å². The van der Waals surface area contributed by atoms with Crippen LogP contribution in [-0.2, 0) is 4.79 Å². The molecule has 0 aromatic heterocycles. The second kappa shape index (κ2) is 4.30. The Balaban J connectivity index is 3.51. The lowest BCUT2D eigenvalue weighted by Crippen LogP contribution is -2.30. The van der Waals surface area contributed by atoms with E-state index in [2.05, 4.69) is 0 Å². The smallest absolute Gasteiger partial charge is 0.389 e. The summed E-state index contributed by atoms with van der Waals surface area (Å²) in [5.41, 5.74) is 4.98. The molecule has 0 aliphatic rings. The minimum atomic E-state index is -4.22. The molecule has 0 saturated heterocycles. The van der Waals surface area contributed by atoms with Crippen LogP contribution >= 0.6 is 0 Å². The van der Waals surface area contributed by atoms with Crippen molar-refractivity contribution in [1.82, 2.24) is 0 Å². The summed E-state index contributed by atoms with van der Waals surface area (Å²) in [5.74, 6) is -1.27. The molecule has 0 aromatic carbocycles. The van der Waals surface area contributed by atoms with Crippen molar-refractivity contribution in [2.24, 2.45) is 5.73 Å². The molecule has 0 unspecified atom stereocenters. The summed E-state index contributed by atoms with van der Waals surface area (Å²) in [4.78, 5) is 10.0. The maximum absolute atomic E-state index is 11.5. The first-order valence-corrected chi connectivity index (χ1v) is 3.38. The van der Waals surface area contributed by atoms with E-state index >= 15 is 0 Å². The summed E-state index contributed by atoms with van der Waals surface area (Å²) in [7, 11) is 0. The Morgan fingerprint density at radius 2 is 2.00 bits per heavy atom. The number of halogens is 3. The molecule has 0 spiro atoms. The zero-order valence-electron chi connectivity index (χ0n) is 6.27. The Morgan fingerprint density at radius 1 is 1.50 bits per heavy atom. The van der Waals surface area contributed by atoms with Crippen LogP contribution in [-0.4, -0.2) is 23.3 Å². The van der Waals surface area contributed by atoms with Gasteiger partial charge in [0.2, 0.25) is 0 Å². The summed E-state index contributed by atoms with van der Waals surface area (Å²) in [6.45, 7) is 0. The molecule has 0 amide bonds. The maximum atomic E-state index is 11.5.